The van der Waals surface area contributed by atoms with E-state index in [1.165, 1.54) is 23.8 Å². The van der Waals surface area contributed by atoms with Crippen LogP contribution in [0.5, 0.6) is 0 Å². The molecule has 4 nitrogen and oxygen atoms in total. The predicted octanol–water partition coefficient (Wildman–Crippen LogP) is 4.44. The van der Waals surface area contributed by atoms with E-state index in [0.717, 1.165) is 42.1 Å². The van der Waals surface area contributed by atoms with Crippen molar-refractivity contribution in [2.75, 3.05) is 13.7 Å². The van der Waals surface area contributed by atoms with E-state index in [4.69, 9.17) is 4.74 Å². The van der Waals surface area contributed by atoms with Gasteiger partial charge in [0.15, 0.2) is 6.04 Å². The molecule has 0 saturated heterocycles. The van der Waals surface area contributed by atoms with Crippen molar-refractivity contribution < 1.29 is 14.3 Å². The number of methoxy groups -OCH3 is 1. The number of fused-ring (bicyclic) bond motifs is 4. The summed E-state index contributed by atoms with van der Waals surface area (Å²) >= 11 is 3.57. The van der Waals surface area contributed by atoms with Crippen molar-refractivity contribution in [2.24, 2.45) is 5.92 Å². The van der Waals surface area contributed by atoms with Gasteiger partial charge in [-0.15, -0.1) is 0 Å². The van der Waals surface area contributed by atoms with Crippen LogP contribution in [0, 0.1) is 5.92 Å². The molecule has 3 aliphatic carbocycles. The molecule has 2 fully saturated rings. The number of rotatable bonds is 2. The van der Waals surface area contributed by atoms with Crippen LogP contribution in [0.2, 0.25) is 0 Å². The Balaban J connectivity index is 1.37. The first-order valence-electron chi connectivity index (χ1n) is 10.8. The number of nitrogens with zero attached hydrogens (tertiary/aromatic N) is 1. The fourth-order valence-electron chi connectivity index (χ4n) is 6.19. The molecule has 1 aliphatic heterocycles. The number of benzene rings is 2. The second-order valence-electron chi connectivity index (χ2n) is 9.47. The summed E-state index contributed by atoms with van der Waals surface area (Å²) in [6.07, 6.45) is 5.08. The van der Waals surface area contributed by atoms with E-state index in [2.05, 4.69) is 40.2 Å². The predicted molar refractivity (Wildman–Crippen MR) is 116 cm³/mol. The van der Waals surface area contributed by atoms with E-state index >= 15 is 0 Å². The minimum atomic E-state index is -0.631. The maximum Gasteiger partial charge on any atom is 0.333 e. The molecular formula is C25H24BrNO3. The Hall–Kier alpha value is -2.14. The number of halogens is 1. The molecule has 2 aromatic carbocycles. The Morgan fingerprint density at radius 1 is 1.10 bits per heavy atom. The van der Waals surface area contributed by atoms with Gasteiger partial charge in [-0.1, -0.05) is 46.3 Å². The molecule has 0 bridgehead atoms. The van der Waals surface area contributed by atoms with E-state index in [9.17, 15) is 9.59 Å². The molecule has 1 amide bonds. The van der Waals surface area contributed by atoms with Crippen molar-refractivity contribution in [3.63, 3.8) is 0 Å². The quantitative estimate of drug-likeness (QED) is 0.615. The van der Waals surface area contributed by atoms with Crippen molar-refractivity contribution in [1.82, 2.24) is 4.90 Å². The maximum atomic E-state index is 13.9. The molecule has 4 aliphatic rings. The minimum Gasteiger partial charge on any atom is -0.467 e. The second kappa shape index (κ2) is 6.19. The molecule has 1 heterocycles. The molecule has 154 valence electrons. The zero-order valence-electron chi connectivity index (χ0n) is 17.0. The number of amides is 1. The molecule has 0 aromatic heterocycles. The molecule has 3 unspecified atom stereocenters. The van der Waals surface area contributed by atoms with E-state index in [-0.39, 0.29) is 28.6 Å². The first kappa shape index (κ1) is 18.6. The van der Waals surface area contributed by atoms with Crippen molar-refractivity contribution in [3.05, 3.63) is 69.2 Å². The zero-order valence-corrected chi connectivity index (χ0v) is 18.6. The van der Waals surface area contributed by atoms with E-state index < -0.39 is 6.04 Å². The summed E-state index contributed by atoms with van der Waals surface area (Å²) in [5.74, 6) is -0.244. The largest absolute Gasteiger partial charge is 0.467 e. The van der Waals surface area contributed by atoms with Gasteiger partial charge in [-0.2, -0.15) is 0 Å². The lowest BCUT2D eigenvalue weighted by Gasteiger charge is -2.40. The molecule has 0 N–H and O–H groups in total. The standard InChI is InChI=1S/C25H24BrNO3/c1-30-23(29)21-17-4-2-3-5-19(17)24(10-11-24)14-27(21)22(28)20-13-25(20)9-8-15-12-16(26)6-7-18(15)25/h2-7,12,20-21H,8-11,13-14H2,1H3. The smallest absolute Gasteiger partial charge is 0.333 e. The summed E-state index contributed by atoms with van der Waals surface area (Å²) in [4.78, 5) is 28.6. The van der Waals surface area contributed by atoms with Gasteiger partial charge >= 0.3 is 5.97 Å². The number of carbonyl (C=O) groups excluding carboxylic acids is 2. The first-order valence-corrected chi connectivity index (χ1v) is 11.6. The minimum absolute atomic E-state index is 0.0251. The van der Waals surface area contributed by atoms with Gasteiger partial charge in [0.05, 0.1) is 7.11 Å². The summed E-state index contributed by atoms with van der Waals surface area (Å²) in [7, 11) is 1.42. The highest BCUT2D eigenvalue weighted by molar-refractivity contribution is 9.10. The molecule has 2 aromatic rings. The fraction of sp³-hybridized carbons (Fsp3) is 0.440. The summed E-state index contributed by atoms with van der Waals surface area (Å²) in [5, 5.41) is 0. The number of carbonyl (C=O) groups is 2. The van der Waals surface area contributed by atoms with Crippen LogP contribution in [0.4, 0.5) is 0 Å². The second-order valence-corrected chi connectivity index (χ2v) is 10.4. The van der Waals surface area contributed by atoms with Crippen LogP contribution in [-0.2, 0) is 31.6 Å². The van der Waals surface area contributed by atoms with Crippen molar-refractivity contribution >= 4 is 27.8 Å². The van der Waals surface area contributed by atoms with Crippen LogP contribution >= 0.6 is 15.9 Å². The molecular weight excluding hydrogens is 442 g/mol. The molecule has 30 heavy (non-hydrogen) atoms. The van der Waals surface area contributed by atoms with Gasteiger partial charge in [-0.05, 0) is 66.5 Å². The third kappa shape index (κ3) is 2.44. The average molecular weight is 466 g/mol. The van der Waals surface area contributed by atoms with Gasteiger partial charge in [0.2, 0.25) is 5.91 Å². The highest BCUT2D eigenvalue weighted by Gasteiger charge is 2.64. The van der Waals surface area contributed by atoms with E-state index in [1.54, 1.807) is 0 Å². The Bertz CT molecular complexity index is 1090. The van der Waals surface area contributed by atoms with E-state index in [1.807, 2.05) is 23.1 Å². The van der Waals surface area contributed by atoms with E-state index in [0.29, 0.717) is 6.54 Å². The highest BCUT2D eigenvalue weighted by atomic mass is 79.9. The summed E-state index contributed by atoms with van der Waals surface area (Å²) in [6, 6.07) is 14.0. The SMILES string of the molecule is COC(=O)C1c2ccccc2C2(CC2)CN1C(=O)C1CC12CCc1cc(Br)ccc12. The lowest BCUT2D eigenvalue weighted by molar-refractivity contribution is -0.155. The van der Waals surface area contributed by atoms with Gasteiger partial charge in [0.1, 0.15) is 0 Å². The summed E-state index contributed by atoms with van der Waals surface area (Å²) < 4.78 is 6.26. The van der Waals surface area contributed by atoms with Crippen LogP contribution in [0.15, 0.2) is 46.9 Å². The Morgan fingerprint density at radius 3 is 2.67 bits per heavy atom. The average Bonchev–Trinajstić information content (AvgIpc) is 3.65. The molecule has 2 saturated carbocycles. The highest BCUT2D eigenvalue weighted by Crippen LogP contribution is 2.63. The normalized spacial score (nSPS) is 29.5. The number of hydrogen-bond donors (Lipinski definition) is 0. The molecule has 6 rings (SSSR count). The molecule has 0 radical (unpaired) electrons. The number of hydrogen-bond acceptors (Lipinski definition) is 3. The third-order valence-electron chi connectivity index (χ3n) is 7.99. The van der Waals surface area contributed by atoms with Gasteiger partial charge < -0.3 is 9.64 Å². The van der Waals surface area contributed by atoms with Crippen LogP contribution in [-0.4, -0.2) is 30.4 Å². The van der Waals surface area contributed by atoms with Crippen LogP contribution in [0.1, 0.15) is 54.0 Å². The summed E-state index contributed by atoms with van der Waals surface area (Å²) in [5.41, 5.74) is 4.85. The number of ether oxygens (including phenoxy) is 1. The van der Waals surface area contributed by atoms with Crippen molar-refractivity contribution in [3.8, 4) is 0 Å². The molecule has 3 atom stereocenters. The Labute approximate surface area is 184 Å². The maximum absolute atomic E-state index is 13.9. The molecule has 5 heteroatoms. The Morgan fingerprint density at radius 2 is 1.90 bits per heavy atom. The van der Waals surface area contributed by atoms with Gasteiger partial charge in [-0.3, -0.25) is 4.79 Å². The topological polar surface area (TPSA) is 46.6 Å². The third-order valence-corrected chi connectivity index (χ3v) is 8.48. The number of esters is 1. The van der Waals surface area contributed by atoms with Gasteiger partial charge in [0.25, 0.3) is 0 Å². The monoisotopic (exact) mass is 465 g/mol. The lowest BCUT2D eigenvalue weighted by Crippen LogP contribution is -2.49. The van der Waals surface area contributed by atoms with Gasteiger partial charge in [0, 0.05) is 27.8 Å². The molecule has 2 spiro atoms. The first-order chi connectivity index (χ1) is 14.5. The van der Waals surface area contributed by atoms with Gasteiger partial charge in [-0.25, -0.2) is 4.79 Å². The van der Waals surface area contributed by atoms with Crippen LogP contribution < -0.4 is 0 Å². The summed E-state index contributed by atoms with van der Waals surface area (Å²) in [6.45, 7) is 0.627. The zero-order chi connectivity index (χ0) is 20.7. The number of aryl methyl sites for hydroxylation is 1. The van der Waals surface area contributed by atoms with Crippen LogP contribution in [0.3, 0.4) is 0 Å². The Kier molecular flexibility index (Phi) is 3.84. The lowest BCUT2D eigenvalue weighted by atomic mass is 9.82. The van der Waals surface area contributed by atoms with Crippen molar-refractivity contribution in [1.29, 1.82) is 0 Å². The fourth-order valence-corrected chi connectivity index (χ4v) is 6.60. The van der Waals surface area contributed by atoms with Crippen molar-refractivity contribution in [2.45, 2.75) is 49.0 Å². The van der Waals surface area contributed by atoms with Crippen LogP contribution in [0.25, 0.3) is 0 Å².